The van der Waals surface area contributed by atoms with Crippen LogP contribution < -0.4 is 9.47 Å². The number of methoxy groups -OCH3 is 1. The van der Waals surface area contributed by atoms with Gasteiger partial charge in [0, 0.05) is 19.1 Å². The van der Waals surface area contributed by atoms with Crippen molar-refractivity contribution >= 4 is 0 Å². The van der Waals surface area contributed by atoms with Crippen molar-refractivity contribution in [1.29, 1.82) is 0 Å². The van der Waals surface area contributed by atoms with E-state index in [2.05, 4.69) is 4.90 Å². The highest BCUT2D eigenvalue weighted by Crippen LogP contribution is 2.51. The topological polar surface area (TPSA) is 51.2 Å². The van der Waals surface area contributed by atoms with Gasteiger partial charge in [0.2, 0.25) is 6.43 Å². The maximum atomic E-state index is 13.2. The highest BCUT2D eigenvalue weighted by atomic mass is 19.3. The first-order valence-corrected chi connectivity index (χ1v) is 10.8. The first kappa shape index (κ1) is 21.8. The Morgan fingerprint density at radius 3 is 2.57 bits per heavy atom. The number of fused-ring (bicyclic) bond motifs is 3. The molecule has 5 nitrogen and oxygen atoms in total. The molecule has 3 aliphatic rings. The van der Waals surface area contributed by atoms with Gasteiger partial charge in [-0.25, -0.2) is 8.78 Å². The first-order valence-electron chi connectivity index (χ1n) is 10.8. The number of aliphatic hydroxyl groups is 1. The largest absolute Gasteiger partial charge is 0.493 e. The van der Waals surface area contributed by atoms with Crippen LogP contribution in [0.2, 0.25) is 0 Å². The SMILES string of the molecule is COc1cc2c(cc1OCC1(C(F)F)CC1)CCN1CC(OC(C)(C)C)C(O)CC21. The number of hydrogen-bond donors (Lipinski definition) is 1. The molecule has 1 aromatic rings. The van der Waals surface area contributed by atoms with E-state index < -0.39 is 17.9 Å². The van der Waals surface area contributed by atoms with Gasteiger partial charge in [-0.3, -0.25) is 4.90 Å². The molecule has 1 saturated carbocycles. The molecule has 1 N–H and O–H groups in total. The van der Waals surface area contributed by atoms with Gasteiger partial charge in [0.1, 0.15) is 0 Å². The monoisotopic (exact) mass is 425 g/mol. The van der Waals surface area contributed by atoms with Gasteiger partial charge in [-0.2, -0.15) is 0 Å². The Hall–Kier alpha value is -1.44. The molecule has 30 heavy (non-hydrogen) atoms. The number of hydrogen-bond acceptors (Lipinski definition) is 5. The number of halogens is 2. The summed E-state index contributed by atoms with van der Waals surface area (Å²) in [5.74, 6) is 1.09. The highest BCUT2D eigenvalue weighted by Gasteiger charge is 2.52. The predicted molar refractivity (Wildman–Crippen MR) is 109 cm³/mol. The van der Waals surface area contributed by atoms with Crippen LogP contribution in [0.3, 0.4) is 0 Å². The van der Waals surface area contributed by atoms with Crippen molar-refractivity contribution in [3.05, 3.63) is 23.3 Å². The lowest BCUT2D eigenvalue weighted by molar-refractivity contribution is -0.149. The van der Waals surface area contributed by atoms with Crippen molar-refractivity contribution in [1.82, 2.24) is 4.90 Å². The van der Waals surface area contributed by atoms with Gasteiger partial charge in [0.05, 0.1) is 36.9 Å². The molecule has 168 valence electrons. The number of nitrogens with zero attached hydrogens (tertiary/aromatic N) is 1. The lowest BCUT2D eigenvalue weighted by atomic mass is 9.84. The van der Waals surface area contributed by atoms with E-state index in [0.29, 0.717) is 37.3 Å². The fraction of sp³-hybridized carbons (Fsp3) is 0.739. The molecule has 3 unspecified atom stereocenters. The zero-order chi connectivity index (χ0) is 21.7. The smallest absolute Gasteiger partial charge is 0.247 e. The predicted octanol–water partition coefficient (Wildman–Crippen LogP) is 3.97. The molecule has 3 atom stereocenters. The Morgan fingerprint density at radius 2 is 1.97 bits per heavy atom. The standard InChI is InChI=1S/C23H33F2NO4/c1-22(2,3)30-20-12-26-8-5-14-9-19(29-13-23(6-7-23)21(24)25)18(28-4)10-15(14)16(26)11-17(20)27/h9-10,16-17,20-21,27H,5-8,11-13H2,1-4H3. The van der Waals surface area contributed by atoms with Crippen LogP contribution >= 0.6 is 0 Å². The minimum atomic E-state index is -2.36. The Kier molecular flexibility index (Phi) is 5.75. The van der Waals surface area contributed by atoms with Crippen LogP contribution in [-0.4, -0.2) is 61.0 Å². The number of benzene rings is 1. The second-order valence-corrected chi connectivity index (χ2v) is 9.99. The molecule has 0 amide bonds. The van der Waals surface area contributed by atoms with Crippen LogP contribution in [0.15, 0.2) is 12.1 Å². The second-order valence-electron chi connectivity index (χ2n) is 9.99. The van der Waals surface area contributed by atoms with Crippen molar-refractivity contribution in [3.8, 4) is 11.5 Å². The van der Waals surface area contributed by atoms with Gasteiger partial charge >= 0.3 is 0 Å². The van der Waals surface area contributed by atoms with Crippen LogP contribution in [0.25, 0.3) is 0 Å². The van der Waals surface area contributed by atoms with Crippen molar-refractivity contribution in [2.24, 2.45) is 5.41 Å². The van der Waals surface area contributed by atoms with Gasteiger partial charge < -0.3 is 19.3 Å². The fourth-order valence-corrected chi connectivity index (χ4v) is 4.64. The third kappa shape index (κ3) is 4.30. The quantitative estimate of drug-likeness (QED) is 0.748. The summed E-state index contributed by atoms with van der Waals surface area (Å²) in [7, 11) is 1.57. The zero-order valence-electron chi connectivity index (χ0n) is 18.3. The highest BCUT2D eigenvalue weighted by molar-refractivity contribution is 5.50. The summed E-state index contributed by atoms with van der Waals surface area (Å²) in [5, 5.41) is 10.7. The molecule has 2 aliphatic heterocycles. The minimum Gasteiger partial charge on any atom is -0.493 e. The van der Waals surface area contributed by atoms with Crippen LogP contribution in [0.1, 0.15) is 57.2 Å². The van der Waals surface area contributed by atoms with E-state index in [9.17, 15) is 13.9 Å². The zero-order valence-corrected chi connectivity index (χ0v) is 18.3. The molecule has 2 heterocycles. The van der Waals surface area contributed by atoms with E-state index >= 15 is 0 Å². The number of ether oxygens (including phenoxy) is 3. The van der Waals surface area contributed by atoms with Crippen LogP contribution in [-0.2, 0) is 11.2 Å². The summed E-state index contributed by atoms with van der Waals surface area (Å²) < 4.78 is 43.9. The maximum absolute atomic E-state index is 13.2. The molecule has 1 saturated heterocycles. The van der Waals surface area contributed by atoms with Gasteiger partial charge in [-0.05, 0) is 69.7 Å². The van der Waals surface area contributed by atoms with Crippen molar-refractivity contribution in [3.63, 3.8) is 0 Å². The molecule has 0 spiro atoms. The summed E-state index contributed by atoms with van der Waals surface area (Å²) in [6, 6.07) is 3.99. The number of piperidine rings is 1. The van der Waals surface area contributed by atoms with E-state index in [1.165, 1.54) is 0 Å². The van der Waals surface area contributed by atoms with Gasteiger partial charge in [0.15, 0.2) is 11.5 Å². The Bertz CT molecular complexity index is 775. The van der Waals surface area contributed by atoms with Crippen molar-refractivity contribution in [2.45, 2.75) is 76.7 Å². The van der Waals surface area contributed by atoms with E-state index in [4.69, 9.17) is 14.2 Å². The van der Waals surface area contributed by atoms with Crippen LogP contribution in [0.5, 0.6) is 11.5 Å². The number of rotatable bonds is 6. The average Bonchev–Trinajstić information content (AvgIpc) is 3.46. The van der Waals surface area contributed by atoms with Crippen LogP contribution in [0, 0.1) is 5.41 Å². The lowest BCUT2D eigenvalue weighted by Crippen LogP contribution is -2.53. The Labute approximate surface area is 177 Å². The summed E-state index contributed by atoms with van der Waals surface area (Å²) in [4.78, 5) is 2.36. The molecule has 4 rings (SSSR count). The lowest BCUT2D eigenvalue weighted by Gasteiger charge is -2.46. The molecule has 2 fully saturated rings. The summed E-state index contributed by atoms with van der Waals surface area (Å²) in [6.07, 6.45) is -0.678. The van der Waals surface area contributed by atoms with Gasteiger partial charge in [-0.1, -0.05) is 0 Å². The second kappa shape index (κ2) is 7.92. The molecule has 0 aromatic heterocycles. The van der Waals surface area contributed by atoms with E-state index in [1.54, 1.807) is 7.11 Å². The van der Waals surface area contributed by atoms with Crippen LogP contribution in [0.4, 0.5) is 8.78 Å². The summed E-state index contributed by atoms with van der Waals surface area (Å²) in [6.45, 7) is 7.57. The molecular weight excluding hydrogens is 392 g/mol. The van der Waals surface area contributed by atoms with E-state index in [-0.39, 0.29) is 24.4 Å². The molecule has 1 aliphatic carbocycles. The number of aliphatic hydroxyl groups excluding tert-OH is 1. The minimum absolute atomic E-state index is 0.0138. The summed E-state index contributed by atoms with van der Waals surface area (Å²) in [5.41, 5.74) is 0.955. The molecule has 7 heteroatoms. The molecular formula is C23H33F2NO4. The van der Waals surface area contributed by atoms with E-state index in [1.807, 2.05) is 32.9 Å². The molecule has 0 bridgehead atoms. The summed E-state index contributed by atoms with van der Waals surface area (Å²) >= 11 is 0. The maximum Gasteiger partial charge on any atom is 0.247 e. The fourth-order valence-electron chi connectivity index (χ4n) is 4.64. The van der Waals surface area contributed by atoms with Gasteiger partial charge in [-0.15, -0.1) is 0 Å². The van der Waals surface area contributed by atoms with Crippen molar-refractivity contribution in [2.75, 3.05) is 26.8 Å². The third-order valence-electron chi connectivity index (χ3n) is 6.58. The van der Waals surface area contributed by atoms with Gasteiger partial charge in [0.25, 0.3) is 0 Å². The number of alkyl halides is 2. The normalized spacial score (nSPS) is 28.1. The van der Waals surface area contributed by atoms with E-state index in [0.717, 1.165) is 24.1 Å². The average molecular weight is 426 g/mol. The molecule has 1 aromatic carbocycles. The first-order chi connectivity index (χ1) is 14.1. The molecule has 0 radical (unpaired) electrons. The Balaban J connectivity index is 1.52. The van der Waals surface area contributed by atoms with Crippen molar-refractivity contribution < 1.29 is 28.1 Å². The Morgan fingerprint density at radius 1 is 1.23 bits per heavy atom. The third-order valence-corrected chi connectivity index (χ3v) is 6.58.